The van der Waals surface area contributed by atoms with Crippen molar-refractivity contribution in [2.24, 2.45) is 0 Å². The molecule has 112 valence electrons. The summed E-state index contributed by atoms with van der Waals surface area (Å²) in [5.41, 5.74) is 5.72. The van der Waals surface area contributed by atoms with E-state index in [9.17, 15) is 9.59 Å². The summed E-state index contributed by atoms with van der Waals surface area (Å²) >= 11 is 0. The van der Waals surface area contributed by atoms with E-state index in [1.54, 1.807) is 13.8 Å². The van der Waals surface area contributed by atoms with Gasteiger partial charge in [0.25, 0.3) is 0 Å². The molecule has 1 atom stereocenters. The van der Waals surface area contributed by atoms with Crippen molar-refractivity contribution in [1.29, 1.82) is 0 Å². The van der Waals surface area contributed by atoms with Crippen LogP contribution in [-0.2, 0) is 14.3 Å². The molecular weight excluding hydrogens is 264 g/mol. The molecule has 8 nitrogen and oxygen atoms in total. The van der Waals surface area contributed by atoms with E-state index in [-0.39, 0.29) is 18.1 Å². The molecule has 1 unspecified atom stereocenters. The molecule has 0 aliphatic rings. The molecule has 0 radical (unpaired) electrons. The van der Waals surface area contributed by atoms with Crippen LogP contribution in [0.25, 0.3) is 0 Å². The van der Waals surface area contributed by atoms with Crippen molar-refractivity contribution in [1.82, 2.24) is 15.0 Å². The predicted molar refractivity (Wildman–Crippen MR) is 71.0 cm³/mol. The summed E-state index contributed by atoms with van der Waals surface area (Å²) in [4.78, 5) is 23.5. The monoisotopic (exact) mass is 284 g/mol. The number of aromatic nitrogens is 3. The second kappa shape index (κ2) is 7.46. The molecule has 0 aliphatic heterocycles. The molecule has 1 aromatic heterocycles. The second-order valence-corrected chi connectivity index (χ2v) is 4.08. The average Bonchev–Trinajstić information content (AvgIpc) is 2.80. The average molecular weight is 284 g/mol. The Labute approximate surface area is 117 Å². The molecule has 0 saturated heterocycles. The van der Waals surface area contributed by atoms with Crippen LogP contribution < -0.4 is 5.73 Å². The lowest BCUT2D eigenvalue weighted by molar-refractivity contribution is -0.148. The lowest BCUT2D eigenvalue weighted by Gasteiger charge is -2.14. The van der Waals surface area contributed by atoms with E-state index in [2.05, 4.69) is 10.3 Å². The van der Waals surface area contributed by atoms with Crippen LogP contribution in [-0.4, -0.2) is 40.1 Å². The Balaban J connectivity index is 2.94. The molecule has 1 aromatic rings. The molecule has 1 heterocycles. The van der Waals surface area contributed by atoms with Gasteiger partial charge in [-0.25, -0.2) is 14.3 Å². The van der Waals surface area contributed by atoms with Crippen LogP contribution in [0, 0.1) is 0 Å². The highest BCUT2D eigenvalue weighted by molar-refractivity contribution is 5.92. The highest BCUT2D eigenvalue weighted by atomic mass is 16.5. The van der Waals surface area contributed by atoms with Crippen molar-refractivity contribution < 1.29 is 19.1 Å². The van der Waals surface area contributed by atoms with Crippen molar-refractivity contribution in [3.63, 3.8) is 0 Å². The quantitative estimate of drug-likeness (QED) is 0.742. The summed E-state index contributed by atoms with van der Waals surface area (Å²) in [6.45, 7) is 5.91. The van der Waals surface area contributed by atoms with Crippen LogP contribution in [0.5, 0.6) is 0 Å². The number of nitrogens with two attached hydrogens (primary N) is 1. The minimum atomic E-state index is -0.697. The van der Waals surface area contributed by atoms with E-state index in [1.807, 2.05) is 6.92 Å². The molecule has 2 N–H and O–H groups in total. The Kier molecular flexibility index (Phi) is 5.95. The Hall–Kier alpha value is -2.12. The highest BCUT2D eigenvalue weighted by Gasteiger charge is 2.27. The van der Waals surface area contributed by atoms with E-state index in [1.165, 1.54) is 4.68 Å². The third-order valence-corrected chi connectivity index (χ3v) is 2.60. The van der Waals surface area contributed by atoms with Crippen LogP contribution in [0.15, 0.2) is 0 Å². The number of esters is 2. The molecule has 20 heavy (non-hydrogen) atoms. The number of hydrogen-bond donors (Lipinski definition) is 1. The number of nitrogens with zero attached hydrogens (tertiary/aromatic N) is 3. The third-order valence-electron chi connectivity index (χ3n) is 2.60. The Morgan fingerprint density at radius 3 is 2.55 bits per heavy atom. The largest absolute Gasteiger partial charge is 0.464 e. The number of carbonyl (C=O) groups is 2. The summed E-state index contributed by atoms with van der Waals surface area (Å²) in [5, 5.41) is 7.43. The molecule has 0 aliphatic carbocycles. The summed E-state index contributed by atoms with van der Waals surface area (Å²) in [7, 11) is 0. The van der Waals surface area contributed by atoms with Crippen LogP contribution in [0.2, 0.25) is 0 Å². The normalized spacial score (nSPS) is 11.9. The fraction of sp³-hybridized carbons (Fsp3) is 0.667. The third kappa shape index (κ3) is 3.46. The first-order chi connectivity index (χ1) is 9.56. The van der Waals surface area contributed by atoms with Crippen molar-refractivity contribution in [2.75, 3.05) is 18.9 Å². The maximum atomic E-state index is 11.9. The van der Waals surface area contributed by atoms with Gasteiger partial charge in [-0.3, -0.25) is 0 Å². The summed E-state index contributed by atoms with van der Waals surface area (Å²) in [6.07, 6.45) is 1.15. The van der Waals surface area contributed by atoms with Gasteiger partial charge in [0.05, 0.1) is 13.2 Å². The maximum Gasteiger partial charge on any atom is 0.362 e. The van der Waals surface area contributed by atoms with E-state index >= 15 is 0 Å². The fourth-order valence-electron chi connectivity index (χ4n) is 1.61. The highest BCUT2D eigenvalue weighted by Crippen LogP contribution is 2.19. The summed E-state index contributed by atoms with van der Waals surface area (Å²) < 4.78 is 11.1. The molecule has 0 aromatic carbocycles. The van der Waals surface area contributed by atoms with Gasteiger partial charge < -0.3 is 15.2 Å². The summed E-state index contributed by atoms with van der Waals surface area (Å²) in [5.74, 6) is -1.10. The Bertz CT molecular complexity index is 472. The van der Waals surface area contributed by atoms with E-state index < -0.39 is 18.0 Å². The first kappa shape index (κ1) is 15.9. The maximum absolute atomic E-state index is 11.9. The van der Waals surface area contributed by atoms with Crippen LogP contribution in [0.1, 0.15) is 50.1 Å². The smallest absolute Gasteiger partial charge is 0.362 e. The van der Waals surface area contributed by atoms with Crippen LogP contribution in [0.3, 0.4) is 0 Å². The minimum Gasteiger partial charge on any atom is -0.464 e. The predicted octanol–water partition coefficient (Wildman–Crippen LogP) is 0.941. The first-order valence-corrected chi connectivity index (χ1v) is 6.61. The lowest BCUT2D eigenvalue weighted by Crippen LogP contribution is -2.24. The topological polar surface area (TPSA) is 109 Å². The molecule has 0 bridgehead atoms. The van der Waals surface area contributed by atoms with Crippen molar-refractivity contribution in [2.45, 2.75) is 39.7 Å². The van der Waals surface area contributed by atoms with Gasteiger partial charge in [0.2, 0.25) is 5.69 Å². The van der Waals surface area contributed by atoms with E-state index in [0.29, 0.717) is 13.0 Å². The Morgan fingerprint density at radius 2 is 2.00 bits per heavy atom. The van der Waals surface area contributed by atoms with Gasteiger partial charge in [0, 0.05) is 0 Å². The zero-order valence-electron chi connectivity index (χ0n) is 12.0. The second-order valence-electron chi connectivity index (χ2n) is 4.08. The van der Waals surface area contributed by atoms with Gasteiger partial charge in [-0.05, 0) is 19.8 Å². The molecule has 0 fully saturated rings. The van der Waals surface area contributed by atoms with Crippen molar-refractivity contribution in [3.8, 4) is 0 Å². The first-order valence-electron chi connectivity index (χ1n) is 6.61. The zero-order valence-corrected chi connectivity index (χ0v) is 12.0. The minimum absolute atomic E-state index is 0.00347. The lowest BCUT2D eigenvalue weighted by atomic mass is 10.2. The SMILES string of the molecule is CCCOC(=O)C(CC)n1nnc(C(=O)OCC)c1N. The molecule has 1 rings (SSSR count). The van der Waals surface area contributed by atoms with Gasteiger partial charge in [-0.15, -0.1) is 5.10 Å². The zero-order chi connectivity index (χ0) is 15.1. The van der Waals surface area contributed by atoms with E-state index in [0.717, 1.165) is 6.42 Å². The van der Waals surface area contributed by atoms with E-state index in [4.69, 9.17) is 15.2 Å². The summed E-state index contributed by atoms with van der Waals surface area (Å²) in [6, 6.07) is -0.697. The molecular formula is C12H20N4O4. The Morgan fingerprint density at radius 1 is 1.30 bits per heavy atom. The number of anilines is 1. The van der Waals surface area contributed by atoms with Gasteiger partial charge in [0.15, 0.2) is 11.9 Å². The van der Waals surface area contributed by atoms with Crippen LogP contribution >= 0.6 is 0 Å². The van der Waals surface area contributed by atoms with Crippen molar-refractivity contribution in [3.05, 3.63) is 5.69 Å². The van der Waals surface area contributed by atoms with Gasteiger partial charge in [-0.1, -0.05) is 19.1 Å². The standard InChI is InChI=1S/C12H20N4O4/c1-4-7-20-11(17)8(5-2)16-10(13)9(14-15-16)12(18)19-6-3/h8H,4-7,13H2,1-3H3. The van der Waals surface area contributed by atoms with Gasteiger partial charge >= 0.3 is 11.9 Å². The number of nitrogen functional groups attached to an aromatic ring is 1. The molecule has 0 saturated carbocycles. The number of hydrogen-bond acceptors (Lipinski definition) is 7. The number of carbonyl (C=O) groups excluding carboxylic acids is 2. The van der Waals surface area contributed by atoms with Gasteiger partial charge in [0.1, 0.15) is 0 Å². The van der Waals surface area contributed by atoms with Gasteiger partial charge in [-0.2, -0.15) is 0 Å². The molecule has 8 heteroatoms. The number of rotatable bonds is 7. The molecule has 0 amide bonds. The number of ether oxygens (including phenoxy) is 2. The molecule has 0 spiro atoms. The van der Waals surface area contributed by atoms with Crippen molar-refractivity contribution >= 4 is 17.8 Å². The van der Waals surface area contributed by atoms with Crippen LogP contribution in [0.4, 0.5) is 5.82 Å². The fourth-order valence-corrected chi connectivity index (χ4v) is 1.61.